The van der Waals surface area contributed by atoms with Crippen LogP contribution in [-0.2, 0) is 0 Å². The first kappa shape index (κ1) is 18.8. The van der Waals surface area contributed by atoms with E-state index in [1.54, 1.807) is 36.4 Å². The van der Waals surface area contributed by atoms with Gasteiger partial charge < -0.3 is 28.4 Å². The molecule has 136 valence electrons. The Balaban J connectivity index is 2.42. The summed E-state index contributed by atoms with van der Waals surface area (Å²) in [5.41, 5.74) is 0. The summed E-state index contributed by atoms with van der Waals surface area (Å²) in [6, 6.07) is 12.2. The van der Waals surface area contributed by atoms with Crippen LogP contribution in [0.2, 0.25) is 0 Å². The van der Waals surface area contributed by atoms with Crippen molar-refractivity contribution in [2.75, 3.05) is 28.4 Å². The molecule has 0 aliphatic heterocycles. The molecule has 7 heteroatoms. The molecule has 0 heterocycles. The molecule has 2 rings (SSSR count). The molecular weight excluding hydrogens is 338 g/mol. The summed E-state index contributed by atoms with van der Waals surface area (Å²) in [6.07, 6.45) is 1.11. The predicted octanol–water partition coefficient (Wildman–Crippen LogP) is 3.54. The molecule has 0 saturated heterocycles. The first-order chi connectivity index (χ1) is 12.7. The van der Waals surface area contributed by atoms with Crippen molar-refractivity contribution in [1.82, 2.24) is 0 Å². The van der Waals surface area contributed by atoms with E-state index >= 15 is 0 Å². The maximum atomic E-state index is 9.09. The van der Waals surface area contributed by atoms with Gasteiger partial charge in [0.1, 0.15) is 0 Å². The normalized spacial score (nSPS) is 9.50. The minimum absolute atomic E-state index is 0.0990. The van der Waals surface area contributed by atoms with Crippen LogP contribution in [0.4, 0.5) is 0 Å². The van der Waals surface area contributed by atoms with Gasteiger partial charge in [0, 0.05) is 0 Å². The highest BCUT2D eigenvalue weighted by Gasteiger charge is 2.19. The van der Waals surface area contributed by atoms with Gasteiger partial charge in [-0.1, -0.05) is 12.1 Å². The fraction of sp³-hybridized carbons (Fsp3) is 0.211. The number of nitriles is 1. The Morgan fingerprint density at radius 3 is 1.35 bits per heavy atom. The fourth-order valence-electron chi connectivity index (χ4n) is 2.17. The van der Waals surface area contributed by atoms with E-state index in [0.29, 0.717) is 23.0 Å². The van der Waals surface area contributed by atoms with Crippen LogP contribution in [0, 0.1) is 11.3 Å². The van der Waals surface area contributed by atoms with Gasteiger partial charge in [0.2, 0.25) is 11.5 Å². The molecule has 7 nitrogen and oxygen atoms in total. The zero-order valence-corrected chi connectivity index (χ0v) is 14.9. The molecule has 0 atom stereocenters. The molecule has 2 aromatic rings. The lowest BCUT2D eigenvalue weighted by molar-refractivity contribution is 0.200. The summed E-state index contributed by atoms with van der Waals surface area (Å²) in [5.74, 6) is 2.12. The van der Waals surface area contributed by atoms with Crippen LogP contribution in [0.3, 0.4) is 0 Å². The maximum Gasteiger partial charge on any atom is 0.301 e. The summed E-state index contributed by atoms with van der Waals surface area (Å²) in [5, 5.41) is 9.09. The smallest absolute Gasteiger partial charge is 0.301 e. The molecule has 26 heavy (non-hydrogen) atoms. The number of para-hydroxylation sites is 2. The van der Waals surface area contributed by atoms with Gasteiger partial charge in [0.05, 0.1) is 40.6 Å². The Labute approximate surface area is 151 Å². The highest BCUT2D eigenvalue weighted by molar-refractivity contribution is 5.53. The van der Waals surface area contributed by atoms with Crippen molar-refractivity contribution in [1.29, 1.82) is 5.26 Å². The molecule has 0 spiro atoms. The van der Waals surface area contributed by atoms with E-state index in [4.69, 9.17) is 33.7 Å². The number of nitrogens with zero attached hydrogens (tertiary/aromatic N) is 1. The van der Waals surface area contributed by atoms with Gasteiger partial charge >= 0.3 is 5.95 Å². The van der Waals surface area contributed by atoms with E-state index in [-0.39, 0.29) is 17.4 Å². The number of rotatable bonds is 8. The van der Waals surface area contributed by atoms with Crippen LogP contribution in [0.5, 0.6) is 34.5 Å². The second kappa shape index (κ2) is 9.08. The average molecular weight is 357 g/mol. The third-order valence-electron chi connectivity index (χ3n) is 3.35. The Kier molecular flexibility index (Phi) is 6.57. The number of hydrogen-bond donors (Lipinski definition) is 0. The van der Waals surface area contributed by atoms with Crippen molar-refractivity contribution in [2.45, 2.75) is 0 Å². The maximum absolute atomic E-state index is 9.09. The minimum Gasteiger partial charge on any atom is -0.493 e. The SMILES string of the molecule is COc1cccc(OC)c1OC(=CC#N)Oc1c(OC)cccc1OC. The van der Waals surface area contributed by atoms with Gasteiger partial charge in [0.15, 0.2) is 23.0 Å². The Morgan fingerprint density at radius 2 is 1.08 bits per heavy atom. The van der Waals surface area contributed by atoms with Gasteiger partial charge in [-0.25, -0.2) is 0 Å². The monoisotopic (exact) mass is 357 g/mol. The first-order valence-electron chi connectivity index (χ1n) is 7.55. The predicted molar refractivity (Wildman–Crippen MR) is 94.0 cm³/mol. The molecule has 0 bridgehead atoms. The second-order valence-corrected chi connectivity index (χ2v) is 4.78. The van der Waals surface area contributed by atoms with Crippen molar-refractivity contribution in [2.24, 2.45) is 0 Å². The van der Waals surface area contributed by atoms with Gasteiger partial charge in [-0.15, -0.1) is 0 Å². The van der Waals surface area contributed by atoms with Crippen molar-refractivity contribution in [3.8, 4) is 40.6 Å². The van der Waals surface area contributed by atoms with Gasteiger partial charge in [-0.3, -0.25) is 0 Å². The van der Waals surface area contributed by atoms with E-state index in [1.807, 2.05) is 6.07 Å². The van der Waals surface area contributed by atoms with Crippen LogP contribution in [-0.4, -0.2) is 28.4 Å². The van der Waals surface area contributed by atoms with Crippen LogP contribution in [0.1, 0.15) is 0 Å². The standard InChI is InChI=1S/C19H19NO6/c1-21-13-7-5-8-14(22-2)18(13)25-17(11-12-20)26-19-15(23-3)9-6-10-16(19)24-4/h5-11H,1-4H3. The number of hydrogen-bond acceptors (Lipinski definition) is 7. The Hall–Kier alpha value is -3.53. The zero-order chi connectivity index (χ0) is 18.9. The Bertz CT molecular complexity index is 721. The van der Waals surface area contributed by atoms with Crippen molar-refractivity contribution >= 4 is 0 Å². The summed E-state index contributed by atoms with van der Waals surface area (Å²) >= 11 is 0. The Morgan fingerprint density at radius 1 is 0.731 bits per heavy atom. The van der Waals surface area contributed by atoms with Crippen LogP contribution < -0.4 is 28.4 Å². The van der Waals surface area contributed by atoms with E-state index in [1.165, 1.54) is 28.4 Å². The molecular formula is C19H19NO6. The lowest BCUT2D eigenvalue weighted by atomic mass is 10.3. The minimum atomic E-state index is -0.0990. The van der Waals surface area contributed by atoms with E-state index in [9.17, 15) is 0 Å². The quantitative estimate of drug-likeness (QED) is 0.528. The summed E-state index contributed by atoms with van der Waals surface area (Å²) in [7, 11) is 6.00. The number of methoxy groups -OCH3 is 4. The lowest BCUT2D eigenvalue weighted by Crippen LogP contribution is -2.07. The van der Waals surface area contributed by atoms with Gasteiger partial charge in [-0.05, 0) is 24.3 Å². The fourth-order valence-corrected chi connectivity index (χ4v) is 2.17. The van der Waals surface area contributed by atoms with Crippen molar-refractivity contribution in [3.05, 3.63) is 48.4 Å². The lowest BCUT2D eigenvalue weighted by Gasteiger charge is -2.17. The molecule has 0 saturated carbocycles. The molecule has 0 radical (unpaired) electrons. The summed E-state index contributed by atoms with van der Waals surface area (Å²) in [4.78, 5) is 0. The van der Waals surface area contributed by atoms with E-state index < -0.39 is 0 Å². The molecule has 0 N–H and O–H groups in total. The second-order valence-electron chi connectivity index (χ2n) is 4.78. The van der Waals surface area contributed by atoms with Crippen molar-refractivity contribution < 1.29 is 28.4 Å². The van der Waals surface area contributed by atoms with Crippen LogP contribution in [0.15, 0.2) is 48.4 Å². The summed E-state index contributed by atoms with van der Waals surface area (Å²) < 4.78 is 32.7. The number of benzene rings is 2. The van der Waals surface area contributed by atoms with Gasteiger partial charge in [0.25, 0.3) is 0 Å². The number of ether oxygens (including phenoxy) is 6. The van der Waals surface area contributed by atoms with Crippen LogP contribution >= 0.6 is 0 Å². The zero-order valence-electron chi connectivity index (χ0n) is 14.9. The van der Waals surface area contributed by atoms with Gasteiger partial charge in [-0.2, -0.15) is 5.26 Å². The third kappa shape index (κ3) is 4.11. The molecule has 2 aromatic carbocycles. The van der Waals surface area contributed by atoms with Crippen molar-refractivity contribution in [3.63, 3.8) is 0 Å². The highest BCUT2D eigenvalue weighted by atomic mass is 16.7. The molecule has 0 unspecified atom stereocenters. The molecule has 0 aliphatic carbocycles. The topological polar surface area (TPSA) is 79.2 Å². The van der Waals surface area contributed by atoms with Crippen LogP contribution in [0.25, 0.3) is 0 Å². The van der Waals surface area contributed by atoms with E-state index in [0.717, 1.165) is 6.08 Å². The average Bonchev–Trinajstić information content (AvgIpc) is 2.68. The first-order valence-corrected chi connectivity index (χ1v) is 7.55. The molecule has 0 aromatic heterocycles. The third-order valence-corrected chi connectivity index (χ3v) is 3.35. The summed E-state index contributed by atoms with van der Waals surface area (Å²) in [6.45, 7) is 0. The highest BCUT2D eigenvalue weighted by Crippen LogP contribution is 2.41. The molecule has 0 fully saturated rings. The molecule has 0 amide bonds. The van der Waals surface area contributed by atoms with E-state index in [2.05, 4.69) is 0 Å². The number of allylic oxidation sites excluding steroid dienone is 1. The largest absolute Gasteiger partial charge is 0.493 e. The molecule has 0 aliphatic rings.